The van der Waals surface area contributed by atoms with Crippen LogP contribution in [0.5, 0.6) is 11.5 Å². The van der Waals surface area contributed by atoms with Gasteiger partial charge in [-0.05, 0) is 50.4 Å². The summed E-state index contributed by atoms with van der Waals surface area (Å²) in [7, 11) is 2.94. The summed E-state index contributed by atoms with van der Waals surface area (Å²) in [5, 5.41) is 18.9. The number of halogens is 2. The average Bonchev–Trinajstić information content (AvgIpc) is 2.97. The predicted molar refractivity (Wildman–Crippen MR) is 159 cm³/mol. The minimum atomic E-state index is -0.467. The number of rotatable bonds is 8. The summed E-state index contributed by atoms with van der Waals surface area (Å²) >= 11 is 13.4. The van der Waals surface area contributed by atoms with Gasteiger partial charge >= 0.3 is 0 Å². The Morgan fingerprint density at radius 1 is 1.15 bits per heavy atom. The van der Waals surface area contributed by atoms with Gasteiger partial charge in [0.05, 0.1) is 34.8 Å². The van der Waals surface area contributed by atoms with Gasteiger partial charge in [0.1, 0.15) is 22.8 Å². The minimum Gasteiger partial charge on any atom is -0.495 e. The van der Waals surface area contributed by atoms with E-state index in [-0.39, 0.29) is 50.0 Å². The second kappa shape index (κ2) is 11.9. The molecule has 2 aromatic carbocycles. The quantitative estimate of drug-likeness (QED) is 0.192. The number of nitro groups is 1. The molecular weight excluding hydrogens is 571 g/mol. The van der Waals surface area contributed by atoms with E-state index in [0.717, 1.165) is 25.9 Å². The van der Waals surface area contributed by atoms with E-state index in [1.807, 2.05) is 0 Å². The first-order chi connectivity index (χ1) is 19.7. The number of aryl methyl sites for hydroxylation is 1. The normalized spacial score (nSPS) is 13.8. The fourth-order valence-electron chi connectivity index (χ4n) is 5.09. The molecule has 3 heterocycles. The molecule has 2 N–H and O–H groups in total. The van der Waals surface area contributed by atoms with E-state index in [0.29, 0.717) is 34.6 Å². The second-order valence-electron chi connectivity index (χ2n) is 9.77. The third-order valence-electron chi connectivity index (χ3n) is 7.25. The zero-order chi connectivity index (χ0) is 29.3. The van der Waals surface area contributed by atoms with E-state index in [9.17, 15) is 14.9 Å². The minimum absolute atomic E-state index is 0.104. The number of fused-ring (bicyclic) bond motifs is 1. The Hall–Kier alpha value is -3.93. The van der Waals surface area contributed by atoms with Crippen molar-refractivity contribution in [2.45, 2.75) is 26.3 Å². The van der Waals surface area contributed by atoms with Crippen LogP contribution in [-0.4, -0.2) is 46.8 Å². The van der Waals surface area contributed by atoms with E-state index in [4.69, 9.17) is 32.7 Å². The Balaban J connectivity index is 1.71. The Morgan fingerprint density at radius 3 is 2.46 bits per heavy atom. The maximum Gasteiger partial charge on any atom is 0.293 e. The van der Waals surface area contributed by atoms with E-state index in [1.165, 1.54) is 20.3 Å². The van der Waals surface area contributed by atoms with Crippen LogP contribution in [0.2, 0.25) is 10.0 Å². The summed E-state index contributed by atoms with van der Waals surface area (Å²) in [6.07, 6.45) is 3.34. The Morgan fingerprint density at radius 2 is 1.83 bits per heavy atom. The number of hydrogen-bond donors (Lipinski definition) is 2. The molecule has 1 aliphatic heterocycles. The van der Waals surface area contributed by atoms with Gasteiger partial charge in [-0.25, -0.2) is 4.98 Å². The number of pyridine rings is 1. The third kappa shape index (κ3) is 5.52. The molecule has 0 radical (unpaired) electrons. The van der Waals surface area contributed by atoms with Crippen LogP contribution in [0.15, 0.2) is 41.3 Å². The molecule has 0 atom stereocenters. The highest BCUT2D eigenvalue weighted by Crippen LogP contribution is 2.45. The molecule has 0 spiro atoms. The van der Waals surface area contributed by atoms with Crippen LogP contribution >= 0.6 is 23.2 Å². The lowest BCUT2D eigenvalue weighted by Crippen LogP contribution is -2.33. The summed E-state index contributed by atoms with van der Waals surface area (Å²) in [5.74, 6) is 0.966. The van der Waals surface area contributed by atoms with Crippen molar-refractivity contribution in [3.8, 4) is 22.6 Å². The van der Waals surface area contributed by atoms with Crippen LogP contribution in [0.4, 0.5) is 17.3 Å². The number of methoxy groups -OCH3 is 2. The molecule has 0 unspecified atom stereocenters. The highest BCUT2D eigenvalue weighted by atomic mass is 35.5. The number of nitrogens with one attached hydrogen (secondary N) is 2. The van der Waals surface area contributed by atoms with Gasteiger partial charge in [-0.1, -0.05) is 35.3 Å². The zero-order valence-corrected chi connectivity index (χ0v) is 24.2. The molecule has 1 saturated heterocycles. The molecule has 41 heavy (non-hydrogen) atoms. The molecule has 0 aliphatic carbocycles. The lowest BCUT2D eigenvalue weighted by molar-refractivity contribution is -0.384. The number of anilines is 2. The summed E-state index contributed by atoms with van der Waals surface area (Å²) in [5.41, 5.74) is 1.40. The monoisotopic (exact) mass is 598 g/mol. The topological polar surface area (TPSA) is 133 Å². The van der Waals surface area contributed by atoms with E-state index >= 15 is 0 Å². The standard InChI is InChI=1S/C28H28Cl2N6O5/c1-15-5-4-6-19(36(38)39)25(15)33-28-32-13-17-11-18(22-23(29)20(40-2)12-21(41-3)24(22)30)27(37)35(26(17)34-28)14-16-7-9-31-10-8-16/h4-6,11-13,16,31H,7-10,14H2,1-3H3,(H,32,33,34). The molecule has 0 amide bonds. The molecule has 2 aromatic heterocycles. The van der Waals surface area contributed by atoms with E-state index < -0.39 is 4.92 Å². The Bertz CT molecular complexity index is 1680. The zero-order valence-electron chi connectivity index (χ0n) is 22.7. The number of ether oxygens (including phenoxy) is 2. The smallest absolute Gasteiger partial charge is 0.293 e. The largest absolute Gasteiger partial charge is 0.495 e. The summed E-state index contributed by atoms with van der Waals surface area (Å²) in [6, 6.07) is 7.98. The molecule has 5 rings (SSSR count). The van der Waals surface area contributed by atoms with Crippen molar-refractivity contribution in [3.63, 3.8) is 0 Å². The number of nitrogens with zero attached hydrogens (tertiary/aromatic N) is 4. The number of benzene rings is 2. The predicted octanol–water partition coefficient (Wildman–Crippen LogP) is 5.74. The molecule has 214 valence electrons. The first-order valence-corrected chi connectivity index (χ1v) is 13.7. The third-order valence-corrected chi connectivity index (χ3v) is 8.00. The van der Waals surface area contributed by atoms with Crippen molar-refractivity contribution in [2.24, 2.45) is 5.92 Å². The molecule has 13 heteroatoms. The fourth-order valence-corrected chi connectivity index (χ4v) is 5.80. The number of piperidine rings is 1. The van der Waals surface area contributed by atoms with Crippen molar-refractivity contribution in [1.82, 2.24) is 19.9 Å². The summed E-state index contributed by atoms with van der Waals surface area (Å²) in [4.78, 5) is 34.5. The lowest BCUT2D eigenvalue weighted by atomic mass is 9.97. The van der Waals surface area contributed by atoms with Gasteiger partial charge in [-0.2, -0.15) is 4.98 Å². The van der Waals surface area contributed by atoms with Crippen LogP contribution in [0, 0.1) is 23.0 Å². The van der Waals surface area contributed by atoms with Crippen LogP contribution in [-0.2, 0) is 6.54 Å². The average molecular weight is 599 g/mol. The SMILES string of the molecule is COc1cc(OC)c(Cl)c(-c2cc3cnc(Nc4c(C)cccc4[N+](=O)[O-])nc3n(CC3CCNCC3)c2=O)c1Cl. The summed E-state index contributed by atoms with van der Waals surface area (Å²) in [6.45, 7) is 3.86. The van der Waals surface area contributed by atoms with Crippen LogP contribution < -0.4 is 25.7 Å². The number of hydrogen-bond acceptors (Lipinski definition) is 9. The number of para-hydroxylation sites is 1. The molecule has 11 nitrogen and oxygen atoms in total. The molecule has 0 saturated carbocycles. The first-order valence-electron chi connectivity index (χ1n) is 13.0. The maximum absolute atomic E-state index is 14.2. The maximum atomic E-state index is 14.2. The van der Waals surface area contributed by atoms with Crippen molar-refractivity contribution in [3.05, 3.63) is 72.6 Å². The Kier molecular flexibility index (Phi) is 8.30. The molecular formula is C28H28Cl2N6O5. The van der Waals surface area contributed by atoms with Crippen molar-refractivity contribution >= 4 is 51.6 Å². The van der Waals surface area contributed by atoms with Gasteiger partial charge in [0, 0.05) is 35.8 Å². The van der Waals surface area contributed by atoms with E-state index in [1.54, 1.807) is 42.0 Å². The van der Waals surface area contributed by atoms with Gasteiger partial charge < -0.3 is 20.1 Å². The number of nitro benzene ring substituents is 1. The highest BCUT2D eigenvalue weighted by Gasteiger charge is 2.25. The fraction of sp³-hybridized carbons (Fsp3) is 0.321. The number of aromatic nitrogens is 3. The Labute approximate surface area is 245 Å². The second-order valence-corrected chi connectivity index (χ2v) is 10.5. The van der Waals surface area contributed by atoms with Crippen LogP contribution in [0.3, 0.4) is 0 Å². The van der Waals surface area contributed by atoms with Gasteiger partial charge in [0.15, 0.2) is 0 Å². The van der Waals surface area contributed by atoms with Crippen LogP contribution in [0.25, 0.3) is 22.2 Å². The lowest BCUT2D eigenvalue weighted by Gasteiger charge is -2.24. The molecule has 4 aromatic rings. The van der Waals surface area contributed by atoms with Gasteiger partial charge in [-0.3, -0.25) is 19.5 Å². The molecule has 0 bridgehead atoms. The van der Waals surface area contributed by atoms with Crippen molar-refractivity contribution in [2.75, 3.05) is 32.6 Å². The molecule has 1 aliphatic rings. The van der Waals surface area contributed by atoms with Crippen molar-refractivity contribution < 1.29 is 14.4 Å². The van der Waals surface area contributed by atoms with Gasteiger partial charge in [0.25, 0.3) is 11.2 Å². The summed E-state index contributed by atoms with van der Waals surface area (Å²) < 4.78 is 12.5. The van der Waals surface area contributed by atoms with Gasteiger partial charge in [-0.15, -0.1) is 0 Å². The highest BCUT2D eigenvalue weighted by molar-refractivity contribution is 6.41. The molecule has 1 fully saturated rings. The van der Waals surface area contributed by atoms with Crippen molar-refractivity contribution in [1.29, 1.82) is 0 Å². The van der Waals surface area contributed by atoms with Crippen LogP contribution in [0.1, 0.15) is 18.4 Å². The van der Waals surface area contributed by atoms with E-state index in [2.05, 4.69) is 20.6 Å². The van der Waals surface area contributed by atoms with Gasteiger partial charge in [0.2, 0.25) is 5.95 Å². The first kappa shape index (κ1) is 28.6.